The first-order chi connectivity index (χ1) is 9.67. The number of nitrogens with zero attached hydrogens (tertiary/aromatic N) is 1. The number of thiophene rings is 1. The largest absolute Gasteiger partial charge is 0.338 e. The predicted octanol–water partition coefficient (Wildman–Crippen LogP) is 2.97. The fourth-order valence-corrected chi connectivity index (χ4v) is 3.09. The van der Waals surface area contributed by atoms with Crippen molar-refractivity contribution in [3.8, 4) is 0 Å². The molecule has 4 nitrogen and oxygen atoms in total. The van der Waals surface area contributed by atoms with Crippen molar-refractivity contribution < 1.29 is 9.59 Å². The molecule has 3 rings (SSSR count). The molecule has 0 aliphatic heterocycles. The lowest BCUT2D eigenvalue weighted by molar-refractivity contribution is -0.117. The first kappa shape index (κ1) is 13.6. The smallest absolute Gasteiger partial charge is 0.263 e. The quantitative estimate of drug-likeness (QED) is 0.876. The standard InChI is InChI=1S/C15H20N2O2S/c1-2-17(9-10-3-4-10)15(19)12-7-8-13(20-12)16-14(18)11-5-6-11/h7-8,10-11H,2-6,9H2,1H3,(H,16,18). The molecule has 1 heterocycles. The highest BCUT2D eigenvalue weighted by molar-refractivity contribution is 7.18. The Labute approximate surface area is 123 Å². The number of hydrogen-bond acceptors (Lipinski definition) is 3. The van der Waals surface area contributed by atoms with E-state index in [0.717, 1.165) is 35.8 Å². The van der Waals surface area contributed by atoms with Crippen molar-refractivity contribution >= 4 is 28.2 Å². The Balaban J connectivity index is 1.61. The van der Waals surface area contributed by atoms with Gasteiger partial charge in [-0.3, -0.25) is 9.59 Å². The van der Waals surface area contributed by atoms with E-state index in [9.17, 15) is 9.59 Å². The van der Waals surface area contributed by atoms with Gasteiger partial charge in [0, 0.05) is 19.0 Å². The Hall–Kier alpha value is -1.36. The molecular formula is C15H20N2O2S. The summed E-state index contributed by atoms with van der Waals surface area (Å²) in [7, 11) is 0. The van der Waals surface area contributed by atoms with E-state index in [1.165, 1.54) is 24.2 Å². The van der Waals surface area contributed by atoms with Crippen molar-refractivity contribution in [3.63, 3.8) is 0 Å². The van der Waals surface area contributed by atoms with Gasteiger partial charge < -0.3 is 10.2 Å². The van der Waals surface area contributed by atoms with Gasteiger partial charge in [-0.15, -0.1) is 11.3 Å². The monoisotopic (exact) mass is 292 g/mol. The maximum Gasteiger partial charge on any atom is 0.263 e. The number of carbonyl (C=O) groups is 2. The number of hydrogen-bond donors (Lipinski definition) is 1. The molecule has 0 radical (unpaired) electrons. The van der Waals surface area contributed by atoms with Crippen LogP contribution >= 0.6 is 11.3 Å². The van der Waals surface area contributed by atoms with Gasteiger partial charge in [0.15, 0.2) is 0 Å². The Morgan fingerprint density at radius 2 is 2.05 bits per heavy atom. The highest BCUT2D eigenvalue weighted by atomic mass is 32.1. The van der Waals surface area contributed by atoms with Crippen LogP contribution in [-0.2, 0) is 4.79 Å². The zero-order valence-electron chi connectivity index (χ0n) is 11.7. The normalized spacial score (nSPS) is 17.9. The molecule has 2 fully saturated rings. The molecule has 108 valence electrons. The lowest BCUT2D eigenvalue weighted by Crippen LogP contribution is -2.32. The summed E-state index contributed by atoms with van der Waals surface area (Å²) in [4.78, 5) is 26.7. The third-order valence-corrected chi connectivity index (χ3v) is 4.84. The minimum Gasteiger partial charge on any atom is -0.338 e. The Morgan fingerprint density at radius 3 is 2.65 bits per heavy atom. The van der Waals surface area contributed by atoms with Crippen LogP contribution in [0.1, 0.15) is 42.3 Å². The highest BCUT2D eigenvalue weighted by Gasteiger charge is 2.30. The molecule has 0 bridgehead atoms. The van der Waals surface area contributed by atoms with E-state index >= 15 is 0 Å². The van der Waals surface area contributed by atoms with Gasteiger partial charge in [0.1, 0.15) is 0 Å². The van der Waals surface area contributed by atoms with Crippen LogP contribution in [-0.4, -0.2) is 29.8 Å². The fourth-order valence-electron chi connectivity index (χ4n) is 2.21. The Kier molecular flexibility index (Phi) is 3.78. The van der Waals surface area contributed by atoms with Crippen LogP contribution < -0.4 is 5.32 Å². The van der Waals surface area contributed by atoms with Crippen LogP contribution in [0.15, 0.2) is 12.1 Å². The number of nitrogens with one attached hydrogen (secondary N) is 1. The Morgan fingerprint density at radius 1 is 1.30 bits per heavy atom. The van der Waals surface area contributed by atoms with E-state index in [-0.39, 0.29) is 17.7 Å². The Bertz CT molecular complexity index is 518. The summed E-state index contributed by atoms with van der Waals surface area (Å²) in [5.74, 6) is 1.08. The van der Waals surface area contributed by atoms with Gasteiger partial charge in [-0.2, -0.15) is 0 Å². The number of rotatable bonds is 6. The van der Waals surface area contributed by atoms with Crippen molar-refractivity contribution in [2.24, 2.45) is 11.8 Å². The molecule has 5 heteroatoms. The molecule has 1 aromatic rings. The minimum absolute atomic E-state index is 0.0937. The molecule has 20 heavy (non-hydrogen) atoms. The molecule has 0 unspecified atom stereocenters. The van der Waals surface area contributed by atoms with E-state index in [1.807, 2.05) is 24.0 Å². The second-order valence-corrected chi connectivity index (χ2v) is 6.80. The fraction of sp³-hybridized carbons (Fsp3) is 0.600. The molecule has 0 aromatic carbocycles. The minimum atomic E-state index is 0.0937. The van der Waals surface area contributed by atoms with E-state index in [1.54, 1.807) is 0 Å². The molecular weight excluding hydrogens is 272 g/mol. The number of amides is 2. The first-order valence-electron chi connectivity index (χ1n) is 7.37. The average molecular weight is 292 g/mol. The number of carbonyl (C=O) groups excluding carboxylic acids is 2. The molecule has 1 aromatic heterocycles. The summed E-state index contributed by atoms with van der Waals surface area (Å²) >= 11 is 1.38. The molecule has 2 amide bonds. The predicted molar refractivity (Wildman–Crippen MR) is 80.0 cm³/mol. The topological polar surface area (TPSA) is 49.4 Å². The van der Waals surface area contributed by atoms with Gasteiger partial charge in [0.05, 0.1) is 9.88 Å². The van der Waals surface area contributed by atoms with E-state index in [2.05, 4.69) is 5.32 Å². The van der Waals surface area contributed by atoms with Crippen molar-refractivity contribution in [3.05, 3.63) is 17.0 Å². The van der Waals surface area contributed by atoms with Crippen LogP contribution in [0.3, 0.4) is 0 Å². The third kappa shape index (κ3) is 3.20. The van der Waals surface area contributed by atoms with E-state index in [0.29, 0.717) is 5.92 Å². The van der Waals surface area contributed by atoms with Crippen LogP contribution in [0, 0.1) is 11.8 Å². The average Bonchev–Trinajstić information content (AvgIpc) is 3.35. The van der Waals surface area contributed by atoms with Crippen LogP contribution in [0.5, 0.6) is 0 Å². The molecule has 1 N–H and O–H groups in total. The lowest BCUT2D eigenvalue weighted by Gasteiger charge is -2.19. The summed E-state index contributed by atoms with van der Waals surface area (Å²) in [6.45, 7) is 3.64. The lowest BCUT2D eigenvalue weighted by atomic mass is 10.3. The molecule has 0 atom stereocenters. The molecule has 2 aliphatic rings. The maximum absolute atomic E-state index is 12.4. The molecule has 0 saturated heterocycles. The zero-order valence-corrected chi connectivity index (χ0v) is 12.5. The second kappa shape index (κ2) is 5.56. The van der Waals surface area contributed by atoms with E-state index in [4.69, 9.17) is 0 Å². The van der Waals surface area contributed by atoms with Gasteiger partial charge in [0.2, 0.25) is 5.91 Å². The van der Waals surface area contributed by atoms with Crippen LogP contribution in [0.2, 0.25) is 0 Å². The van der Waals surface area contributed by atoms with Gasteiger partial charge >= 0.3 is 0 Å². The molecule has 2 saturated carbocycles. The molecule has 0 spiro atoms. The van der Waals surface area contributed by atoms with Crippen molar-refractivity contribution in [2.45, 2.75) is 32.6 Å². The number of anilines is 1. The second-order valence-electron chi connectivity index (χ2n) is 5.71. The summed E-state index contributed by atoms with van der Waals surface area (Å²) in [5, 5.41) is 3.68. The first-order valence-corrected chi connectivity index (χ1v) is 8.19. The van der Waals surface area contributed by atoms with Crippen molar-refractivity contribution in [2.75, 3.05) is 18.4 Å². The third-order valence-electron chi connectivity index (χ3n) is 3.86. The van der Waals surface area contributed by atoms with Crippen molar-refractivity contribution in [1.82, 2.24) is 4.90 Å². The van der Waals surface area contributed by atoms with Crippen LogP contribution in [0.25, 0.3) is 0 Å². The van der Waals surface area contributed by atoms with Gasteiger partial charge in [0.25, 0.3) is 5.91 Å². The highest BCUT2D eigenvalue weighted by Crippen LogP contribution is 2.33. The summed E-state index contributed by atoms with van der Waals surface area (Å²) in [6, 6.07) is 3.66. The van der Waals surface area contributed by atoms with Gasteiger partial charge in [-0.1, -0.05) is 0 Å². The molecule has 2 aliphatic carbocycles. The van der Waals surface area contributed by atoms with Crippen LogP contribution in [0.4, 0.5) is 5.00 Å². The SMILES string of the molecule is CCN(CC1CC1)C(=O)c1ccc(NC(=O)C2CC2)s1. The zero-order chi connectivity index (χ0) is 14.1. The summed E-state index contributed by atoms with van der Waals surface area (Å²) < 4.78 is 0. The van der Waals surface area contributed by atoms with Gasteiger partial charge in [-0.05, 0) is 50.7 Å². The maximum atomic E-state index is 12.4. The van der Waals surface area contributed by atoms with Gasteiger partial charge in [-0.25, -0.2) is 0 Å². The summed E-state index contributed by atoms with van der Waals surface area (Å²) in [5.41, 5.74) is 0. The van der Waals surface area contributed by atoms with E-state index < -0.39 is 0 Å². The summed E-state index contributed by atoms with van der Waals surface area (Å²) in [6.07, 6.45) is 4.48. The van der Waals surface area contributed by atoms with Crippen molar-refractivity contribution in [1.29, 1.82) is 0 Å².